The molecular weight excluding hydrogens is 336 g/mol. The number of carbonyl (C=O) groups is 1. The zero-order valence-corrected chi connectivity index (χ0v) is 14.4. The quantitative estimate of drug-likeness (QED) is 0.599. The third-order valence-electron chi connectivity index (χ3n) is 4.72. The Hall–Kier alpha value is -2.85. The molecule has 1 saturated heterocycles. The number of fused-ring (bicyclic) bond motifs is 1. The molecule has 3 aromatic heterocycles. The lowest BCUT2D eigenvalue weighted by molar-refractivity contribution is 0.111. The van der Waals surface area contributed by atoms with Gasteiger partial charge in [-0.15, -0.1) is 0 Å². The summed E-state index contributed by atoms with van der Waals surface area (Å²) in [6.45, 7) is 2.38. The number of aromatic amines is 1. The number of ether oxygens (including phenoxy) is 1. The van der Waals surface area contributed by atoms with Crippen molar-refractivity contribution < 1.29 is 9.53 Å². The minimum absolute atomic E-state index is 0.113. The molecule has 4 heterocycles. The summed E-state index contributed by atoms with van der Waals surface area (Å²) >= 11 is 0. The second-order valence-corrected chi connectivity index (χ2v) is 6.39. The summed E-state index contributed by atoms with van der Waals surface area (Å²) in [5.74, 6) is 0.607. The minimum atomic E-state index is 0.113. The van der Waals surface area contributed by atoms with E-state index in [0.29, 0.717) is 35.0 Å². The van der Waals surface area contributed by atoms with Gasteiger partial charge in [0.15, 0.2) is 17.8 Å². The van der Waals surface area contributed by atoms with Gasteiger partial charge in [-0.2, -0.15) is 20.2 Å². The van der Waals surface area contributed by atoms with Crippen molar-refractivity contribution in [2.45, 2.75) is 18.9 Å². The van der Waals surface area contributed by atoms with E-state index in [2.05, 4.69) is 37.2 Å². The van der Waals surface area contributed by atoms with E-state index in [1.54, 1.807) is 10.9 Å². The normalized spacial score (nSPS) is 17.4. The Balaban J connectivity index is 1.60. The highest BCUT2D eigenvalue weighted by atomic mass is 16.5. The summed E-state index contributed by atoms with van der Waals surface area (Å²) < 4.78 is 7.00. The molecule has 0 aliphatic carbocycles. The molecule has 3 aromatic rings. The first kappa shape index (κ1) is 16.6. The van der Waals surface area contributed by atoms with E-state index in [0.717, 1.165) is 38.0 Å². The SMILES string of the molecule is CN(CCc1cn(-c2nc(N)nc3[nH]ncc23)nc1C=O)C1CCOC1. The molecule has 26 heavy (non-hydrogen) atoms. The second kappa shape index (κ2) is 6.81. The Labute approximate surface area is 149 Å². The number of H-pyrrole nitrogens is 1. The molecule has 0 saturated carbocycles. The molecule has 3 N–H and O–H groups in total. The highest BCUT2D eigenvalue weighted by Gasteiger charge is 2.21. The lowest BCUT2D eigenvalue weighted by Gasteiger charge is -2.22. The van der Waals surface area contributed by atoms with Gasteiger partial charge in [-0.3, -0.25) is 9.89 Å². The van der Waals surface area contributed by atoms with Crippen LogP contribution in [-0.2, 0) is 11.2 Å². The number of carbonyl (C=O) groups excluding carboxylic acids is 1. The fraction of sp³-hybridized carbons (Fsp3) is 0.438. The smallest absolute Gasteiger partial charge is 0.224 e. The number of nitrogens with two attached hydrogens (primary N) is 1. The maximum absolute atomic E-state index is 11.5. The number of aldehydes is 1. The summed E-state index contributed by atoms with van der Waals surface area (Å²) in [6, 6.07) is 0.428. The van der Waals surface area contributed by atoms with Crippen molar-refractivity contribution in [3.05, 3.63) is 23.7 Å². The van der Waals surface area contributed by atoms with Gasteiger partial charge in [0.2, 0.25) is 5.95 Å². The molecule has 0 aromatic carbocycles. The average molecular weight is 356 g/mol. The minimum Gasteiger partial charge on any atom is -0.380 e. The Bertz CT molecular complexity index is 928. The van der Waals surface area contributed by atoms with Crippen molar-refractivity contribution in [1.82, 2.24) is 34.8 Å². The van der Waals surface area contributed by atoms with Crippen molar-refractivity contribution >= 4 is 23.3 Å². The lowest BCUT2D eigenvalue weighted by atomic mass is 10.1. The Morgan fingerprint density at radius 2 is 2.38 bits per heavy atom. The number of rotatable bonds is 6. The molecule has 1 aliphatic rings. The average Bonchev–Trinajstić information content (AvgIpc) is 3.37. The summed E-state index contributed by atoms with van der Waals surface area (Å²) in [5.41, 5.74) is 7.55. The Morgan fingerprint density at radius 3 is 3.15 bits per heavy atom. The number of nitrogen functional groups attached to an aromatic ring is 1. The predicted molar refractivity (Wildman–Crippen MR) is 94.2 cm³/mol. The highest BCUT2D eigenvalue weighted by molar-refractivity contribution is 5.83. The van der Waals surface area contributed by atoms with E-state index >= 15 is 0 Å². The van der Waals surface area contributed by atoms with Crippen molar-refractivity contribution in [2.75, 3.05) is 32.5 Å². The maximum Gasteiger partial charge on any atom is 0.224 e. The van der Waals surface area contributed by atoms with Crippen LogP contribution in [0.1, 0.15) is 22.5 Å². The molecule has 1 aliphatic heterocycles. The van der Waals surface area contributed by atoms with Gasteiger partial charge >= 0.3 is 0 Å². The lowest BCUT2D eigenvalue weighted by Crippen LogP contribution is -2.33. The van der Waals surface area contributed by atoms with E-state index in [1.807, 2.05) is 6.20 Å². The number of nitrogens with one attached hydrogen (secondary N) is 1. The summed E-state index contributed by atoms with van der Waals surface area (Å²) in [5, 5.41) is 11.8. The first-order valence-electron chi connectivity index (χ1n) is 8.44. The van der Waals surface area contributed by atoms with Crippen LogP contribution in [0.25, 0.3) is 16.9 Å². The van der Waals surface area contributed by atoms with Crippen LogP contribution in [0.5, 0.6) is 0 Å². The number of likely N-dealkylation sites (N-methyl/N-ethyl adjacent to an activating group) is 1. The topological polar surface area (TPSA) is 128 Å². The van der Waals surface area contributed by atoms with Crippen LogP contribution in [-0.4, -0.2) is 74.0 Å². The summed E-state index contributed by atoms with van der Waals surface area (Å²) in [6.07, 6.45) is 5.93. The molecule has 0 amide bonds. The zero-order valence-electron chi connectivity index (χ0n) is 14.4. The summed E-state index contributed by atoms with van der Waals surface area (Å²) in [4.78, 5) is 22.1. The molecule has 1 fully saturated rings. The molecule has 10 heteroatoms. The Morgan fingerprint density at radius 1 is 1.50 bits per heavy atom. The molecule has 0 bridgehead atoms. The zero-order chi connectivity index (χ0) is 18.1. The third-order valence-corrected chi connectivity index (χ3v) is 4.72. The molecule has 1 atom stereocenters. The molecular formula is C16H20N8O2. The van der Waals surface area contributed by atoms with Gasteiger partial charge in [0.25, 0.3) is 0 Å². The number of hydrogen-bond donors (Lipinski definition) is 2. The van der Waals surface area contributed by atoms with Crippen LogP contribution in [0.4, 0.5) is 5.95 Å². The van der Waals surface area contributed by atoms with Gasteiger partial charge in [-0.25, -0.2) is 4.68 Å². The van der Waals surface area contributed by atoms with E-state index in [1.165, 1.54) is 0 Å². The molecule has 1 unspecified atom stereocenters. The van der Waals surface area contributed by atoms with Gasteiger partial charge in [-0.05, 0) is 19.9 Å². The van der Waals surface area contributed by atoms with Crippen LogP contribution in [0.2, 0.25) is 0 Å². The highest BCUT2D eigenvalue weighted by Crippen LogP contribution is 2.20. The van der Waals surface area contributed by atoms with Gasteiger partial charge in [0, 0.05) is 31.0 Å². The molecule has 10 nitrogen and oxygen atoms in total. The molecule has 0 radical (unpaired) electrons. The summed E-state index contributed by atoms with van der Waals surface area (Å²) in [7, 11) is 2.07. The fourth-order valence-electron chi connectivity index (χ4n) is 3.18. The molecule has 136 valence electrons. The van der Waals surface area contributed by atoms with Gasteiger partial charge in [0.05, 0.1) is 18.2 Å². The van der Waals surface area contributed by atoms with E-state index < -0.39 is 0 Å². The number of anilines is 1. The van der Waals surface area contributed by atoms with E-state index in [-0.39, 0.29) is 5.95 Å². The van der Waals surface area contributed by atoms with Gasteiger partial charge in [-0.1, -0.05) is 0 Å². The van der Waals surface area contributed by atoms with Crippen molar-refractivity contribution in [3.8, 4) is 5.82 Å². The van der Waals surface area contributed by atoms with Gasteiger partial charge in [0.1, 0.15) is 5.69 Å². The maximum atomic E-state index is 11.5. The monoisotopic (exact) mass is 356 g/mol. The van der Waals surface area contributed by atoms with Crippen molar-refractivity contribution in [3.63, 3.8) is 0 Å². The van der Waals surface area contributed by atoms with Crippen LogP contribution in [0, 0.1) is 0 Å². The van der Waals surface area contributed by atoms with Crippen LogP contribution in [0.15, 0.2) is 12.4 Å². The number of aromatic nitrogens is 6. The third kappa shape index (κ3) is 3.04. The van der Waals surface area contributed by atoms with E-state index in [9.17, 15) is 4.79 Å². The van der Waals surface area contributed by atoms with Crippen LogP contribution in [0.3, 0.4) is 0 Å². The van der Waals surface area contributed by atoms with Crippen LogP contribution >= 0.6 is 0 Å². The Kier molecular flexibility index (Phi) is 4.35. The van der Waals surface area contributed by atoms with Crippen molar-refractivity contribution in [1.29, 1.82) is 0 Å². The second-order valence-electron chi connectivity index (χ2n) is 6.39. The first-order valence-corrected chi connectivity index (χ1v) is 8.44. The predicted octanol–water partition coefficient (Wildman–Crippen LogP) is 0.197. The standard InChI is InChI=1S/C16H20N8O2/c1-23(11-3-5-26-9-11)4-2-10-7-24(22-13(10)8-25)15-12-6-18-21-14(12)19-16(17)20-15/h6-8,11H,2-5,9H2,1H3,(H3,17,18,19,20,21). The number of nitrogens with zero attached hydrogens (tertiary/aromatic N) is 6. The number of hydrogen-bond acceptors (Lipinski definition) is 8. The molecule has 0 spiro atoms. The van der Waals surface area contributed by atoms with Gasteiger partial charge < -0.3 is 15.4 Å². The van der Waals surface area contributed by atoms with Crippen LogP contribution < -0.4 is 5.73 Å². The van der Waals surface area contributed by atoms with E-state index in [4.69, 9.17) is 10.5 Å². The van der Waals surface area contributed by atoms with Crippen molar-refractivity contribution in [2.24, 2.45) is 0 Å². The molecule has 4 rings (SSSR count). The fourth-order valence-corrected chi connectivity index (χ4v) is 3.18. The first-order chi connectivity index (χ1) is 12.7. The largest absolute Gasteiger partial charge is 0.380 e.